The Hall–Kier alpha value is -3.26. The highest BCUT2D eigenvalue weighted by molar-refractivity contribution is 5.96. The molecule has 1 aliphatic heterocycles. The standard InChI is InChI=1S/C36H60N6O8/c1-19(2)13-27-33(46)41-31(23-9-7-6-8-10-23)35(48)39-26(17-37)32(45)40-30(21(4)43)34(47)38-18-29(44)50-28(20(3)36(49)42(27)5)16-25-15-22-11-12-24(25)14-22/h19-28,30-31,43H,6-18,37H2,1-5H3,(H,38,47)(H,39,48)(H,40,45)(H,41,46)/t20-,21+,22?,24?,25?,26+,27+,28-,30+,31+/m1/s1. The zero-order valence-electron chi connectivity index (χ0n) is 30.5. The van der Waals surface area contributed by atoms with Crippen LogP contribution in [0.4, 0.5) is 0 Å². The fourth-order valence-corrected chi connectivity index (χ4v) is 8.59. The molecule has 2 bridgehead atoms. The fourth-order valence-electron chi connectivity index (χ4n) is 8.59. The Kier molecular flexibility index (Phi) is 14.1. The van der Waals surface area contributed by atoms with Gasteiger partial charge in [-0.1, -0.05) is 46.5 Å². The van der Waals surface area contributed by atoms with Crippen LogP contribution >= 0.6 is 0 Å². The maximum absolute atomic E-state index is 14.2. The van der Waals surface area contributed by atoms with Gasteiger partial charge in [0.2, 0.25) is 29.5 Å². The van der Waals surface area contributed by atoms with Crippen molar-refractivity contribution in [1.82, 2.24) is 26.2 Å². The zero-order valence-corrected chi connectivity index (χ0v) is 30.5. The Bertz CT molecular complexity index is 1240. The molecule has 0 radical (unpaired) electrons. The van der Waals surface area contributed by atoms with Gasteiger partial charge in [-0.15, -0.1) is 0 Å². The summed E-state index contributed by atoms with van der Waals surface area (Å²) in [6, 6.07) is -4.66. The molecule has 14 heteroatoms. The maximum Gasteiger partial charge on any atom is 0.325 e. The van der Waals surface area contributed by atoms with E-state index in [9.17, 15) is 33.9 Å². The second-order valence-electron chi connectivity index (χ2n) is 15.7. The van der Waals surface area contributed by atoms with Gasteiger partial charge in [-0.3, -0.25) is 28.8 Å². The first-order valence-electron chi connectivity index (χ1n) is 18.7. The summed E-state index contributed by atoms with van der Waals surface area (Å²) in [5, 5.41) is 20.9. The summed E-state index contributed by atoms with van der Waals surface area (Å²) < 4.78 is 5.95. The SMILES string of the molecule is CC(C)C[C@H]1C(=O)N[C@@H](C2CCCCC2)C(=O)N[C@@H](CN)C(=O)N[C@@H]([C@H](C)O)C(=O)NCC(=O)O[C@H](CC2CC3CCC2C3)[C@@H](C)C(=O)N1C. The number of fused-ring (bicyclic) bond motifs is 2. The molecule has 282 valence electrons. The van der Waals surface area contributed by atoms with E-state index in [4.69, 9.17) is 10.5 Å². The van der Waals surface area contributed by atoms with Gasteiger partial charge in [0.1, 0.15) is 36.8 Å². The second kappa shape index (κ2) is 17.8. The Morgan fingerprint density at radius 2 is 1.56 bits per heavy atom. The number of likely N-dealkylation sites (N-methyl/N-ethyl adjacent to an activating group) is 1. The third-order valence-electron chi connectivity index (χ3n) is 11.5. The molecule has 7 N–H and O–H groups in total. The molecule has 4 aliphatic rings. The number of cyclic esters (lactones) is 1. The van der Waals surface area contributed by atoms with Gasteiger partial charge >= 0.3 is 5.97 Å². The van der Waals surface area contributed by atoms with Gasteiger partial charge in [-0.05, 0) is 81.5 Å². The van der Waals surface area contributed by atoms with E-state index in [0.29, 0.717) is 37.5 Å². The molecule has 50 heavy (non-hydrogen) atoms. The van der Waals surface area contributed by atoms with Crippen LogP contribution in [0, 0.1) is 35.5 Å². The highest BCUT2D eigenvalue weighted by Crippen LogP contribution is 2.50. The van der Waals surface area contributed by atoms with Crippen molar-refractivity contribution < 1.29 is 38.6 Å². The summed E-state index contributed by atoms with van der Waals surface area (Å²) >= 11 is 0. The lowest BCUT2D eigenvalue weighted by molar-refractivity contribution is -0.158. The van der Waals surface area contributed by atoms with Gasteiger partial charge in [-0.2, -0.15) is 0 Å². The van der Waals surface area contributed by atoms with Crippen LogP contribution in [0.1, 0.15) is 98.3 Å². The van der Waals surface area contributed by atoms with Crippen molar-refractivity contribution in [2.75, 3.05) is 20.1 Å². The number of ether oxygens (including phenoxy) is 1. The lowest BCUT2D eigenvalue weighted by Gasteiger charge is -2.36. The van der Waals surface area contributed by atoms with E-state index >= 15 is 0 Å². The fraction of sp³-hybridized carbons (Fsp3) is 0.833. The van der Waals surface area contributed by atoms with E-state index in [0.717, 1.165) is 38.5 Å². The summed E-state index contributed by atoms with van der Waals surface area (Å²) in [5.41, 5.74) is 5.90. The molecule has 4 fully saturated rings. The third kappa shape index (κ3) is 9.95. The molecule has 4 rings (SSSR count). The summed E-state index contributed by atoms with van der Waals surface area (Å²) in [5.74, 6) is -3.38. The maximum atomic E-state index is 14.2. The van der Waals surface area contributed by atoms with Crippen LogP contribution in [-0.2, 0) is 33.5 Å². The number of carbonyl (C=O) groups excluding carboxylic acids is 6. The highest BCUT2D eigenvalue weighted by Gasteiger charge is 2.44. The van der Waals surface area contributed by atoms with Gasteiger partial charge in [0.05, 0.1) is 12.0 Å². The summed E-state index contributed by atoms with van der Waals surface area (Å²) in [7, 11) is 1.57. The largest absolute Gasteiger partial charge is 0.460 e. The molecule has 1 saturated heterocycles. The van der Waals surface area contributed by atoms with E-state index in [-0.39, 0.29) is 30.2 Å². The summed E-state index contributed by atoms with van der Waals surface area (Å²) in [6.45, 7) is 6.05. The van der Waals surface area contributed by atoms with Crippen LogP contribution in [-0.4, -0.2) is 102 Å². The Morgan fingerprint density at radius 1 is 0.860 bits per heavy atom. The Morgan fingerprint density at radius 3 is 2.14 bits per heavy atom. The minimum absolute atomic E-state index is 0.0262. The van der Waals surface area contributed by atoms with Crippen molar-refractivity contribution >= 4 is 35.5 Å². The molecule has 0 aromatic heterocycles. The quantitative estimate of drug-likeness (QED) is 0.206. The number of aliphatic hydroxyl groups excluding tert-OH is 1. The van der Waals surface area contributed by atoms with E-state index in [1.807, 2.05) is 13.8 Å². The van der Waals surface area contributed by atoms with E-state index in [1.54, 1.807) is 14.0 Å². The molecule has 3 unspecified atom stereocenters. The number of carbonyl (C=O) groups is 6. The third-order valence-corrected chi connectivity index (χ3v) is 11.5. The van der Waals surface area contributed by atoms with Crippen LogP contribution in [0.15, 0.2) is 0 Å². The molecule has 0 spiro atoms. The molecule has 10 atom stereocenters. The van der Waals surface area contributed by atoms with E-state index in [2.05, 4.69) is 21.3 Å². The lowest BCUT2D eigenvalue weighted by atomic mass is 9.82. The average molecular weight is 705 g/mol. The molecule has 0 aromatic rings. The number of hydrogen-bond donors (Lipinski definition) is 6. The Balaban J connectivity index is 1.69. The van der Waals surface area contributed by atoms with Gasteiger partial charge in [-0.25, -0.2) is 0 Å². The van der Waals surface area contributed by atoms with Crippen molar-refractivity contribution in [3.05, 3.63) is 0 Å². The average Bonchev–Trinajstić information content (AvgIpc) is 3.71. The first-order chi connectivity index (χ1) is 23.7. The Labute approximate surface area is 296 Å². The number of nitrogens with one attached hydrogen (secondary N) is 4. The van der Waals surface area contributed by atoms with Crippen molar-refractivity contribution in [3.8, 4) is 0 Å². The predicted octanol–water partition coefficient (Wildman–Crippen LogP) is 0.738. The highest BCUT2D eigenvalue weighted by atomic mass is 16.5. The molecule has 0 aromatic carbocycles. The minimum Gasteiger partial charge on any atom is -0.460 e. The van der Waals surface area contributed by atoms with Crippen LogP contribution in [0.5, 0.6) is 0 Å². The van der Waals surface area contributed by atoms with Gasteiger partial charge in [0, 0.05) is 13.6 Å². The lowest BCUT2D eigenvalue weighted by Crippen LogP contribution is -2.62. The number of amides is 5. The van der Waals surface area contributed by atoms with Crippen molar-refractivity contribution in [1.29, 1.82) is 0 Å². The molecule has 3 saturated carbocycles. The van der Waals surface area contributed by atoms with Crippen LogP contribution in [0.25, 0.3) is 0 Å². The van der Waals surface area contributed by atoms with Crippen LogP contribution in [0.2, 0.25) is 0 Å². The first kappa shape index (κ1) is 39.5. The molecular formula is C36H60N6O8. The van der Waals surface area contributed by atoms with Crippen molar-refractivity contribution in [2.24, 2.45) is 41.2 Å². The molecule has 14 nitrogen and oxygen atoms in total. The number of aliphatic hydroxyl groups is 1. The number of esters is 1. The normalized spacial score (nSPS) is 35.0. The minimum atomic E-state index is -1.46. The monoisotopic (exact) mass is 704 g/mol. The number of nitrogens with zero attached hydrogens (tertiary/aromatic N) is 1. The van der Waals surface area contributed by atoms with E-state index < -0.39 is 78.4 Å². The summed E-state index contributed by atoms with van der Waals surface area (Å²) in [4.78, 5) is 83.4. The zero-order chi connectivity index (χ0) is 36.7. The van der Waals surface area contributed by atoms with Crippen LogP contribution in [0.3, 0.4) is 0 Å². The molecule has 5 amide bonds. The molecular weight excluding hydrogens is 644 g/mol. The molecule has 3 aliphatic carbocycles. The second-order valence-corrected chi connectivity index (χ2v) is 15.7. The van der Waals surface area contributed by atoms with Crippen LogP contribution < -0.4 is 27.0 Å². The smallest absolute Gasteiger partial charge is 0.325 e. The summed E-state index contributed by atoms with van der Waals surface area (Å²) in [6.07, 6.45) is 7.25. The molecule has 1 heterocycles. The van der Waals surface area contributed by atoms with E-state index in [1.165, 1.54) is 18.2 Å². The number of rotatable bonds is 7. The number of nitrogens with two attached hydrogens (primary N) is 1. The van der Waals surface area contributed by atoms with Gasteiger partial charge < -0.3 is 41.7 Å². The topological polar surface area (TPSA) is 209 Å². The van der Waals surface area contributed by atoms with Crippen molar-refractivity contribution in [3.63, 3.8) is 0 Å². The number of hydrogen-bond acceptors (Lipinski definition) is 9. The predicted molar refractivity (Wildman–Crippen MR) is 185 cm³/mol. The van der Waals surface area contributed by atoms with Gasteiger partial charge in [0.15, 0.2) is 0 Å². The first-order valence-corrected chi connectivity index (χ1v) is 18.7. The van der Waals surface area contributed by atoms with Gasteiger partial charge in [0.25, 0.3) is 0 Å². The van der Waals surface area contributed by atoms with Crippen molar-refractivity contribution in [2.45, 2.75) is 135 Å².